The molecule has 2 aromatic carbocycles. The van der Waals surface area contributed by atoms with Crippen molar-refractivity contribution in [2.75, 3.05) is 5.73 Å². The van der Waals surface area contributed by atoms with Gasteiger partial charge < -0.3 is 5.73 Å². The molecule has 0 amide bonds. The molecule has 3 rings (SSSR count). The molecule has 0 saturated carbocycles. The van der Waals surface area contributed by atoms with Gasteiger partial charge in [-0.2, -0.15) is 0 Å². The van der Waals surface area contributed by atoms with Crippen molar-refractivity contribution in [3.8, 4) is 11.1 Å². The molecule has 0 saturated heterocycles. The number of hydrogen-bond acceptors (Lipinski definition) is 5. The normalized spacial score (nSPS) is 10.5. The quantitative estimate of drug-likeness (QED) is 0.412. The minimum absolute atomic E-state index is 0.00692. The van der Waals surface area contributed by atoms with E-state index in [0.717, 1.165) is 0 Å². The van der Waals surface area contributed by atoms with Crippen LogP contribution in [0, 0.1) is 10.1 Å². The first-order valence-electron chi connectivity index (χ1n) is 6.89. The third kappa shape index (κ3) is 3.02. The summed E-state index contributed by atoms with van der Waals surface area (Å²) in [6, 6.07) is 12.6. The molecule has 120 valence electrons. The molecule has 0 aliphatic rings. The molecule has 0 fully saturated rings. The number of nitrogens with zero attached hydrogens (tertiary/aromatic N) is 1. The molecule has 1 aromatic heterocycles. The van der Waals surface area contributed by atoms with Crippen molar-refractivity contribution in [1.29, 1.82) is 0 Å². The molecule has 0 bridgehead atoms. The molecule has 0 radical (unpaired) electrons. The van der Waals surface area contributed by atoms with Crippen LogP contribution < -0.4 is 5.73 Å². The van der Waals surface area contributed by atoms with Gasteiger partial charge in [-0.15, -0.1) is 11.3 Å². The van der Waals surface area contributed by atoms with Crippen molar-refractivity contribution >= 4 is 39.4 Å². The summed E-state index contributed by atoms with van der Waals surface area (Å²) in [6.45, 7) is 0. The zero-order valence-corrected chi connectivity index (χ0v) is 13.8. The van der Waals surface area contributed by atoms with Gasteiger partial charge in [-0.1, -0.05) is 11.6 Å². The molecule has 0 spiro atoms. The second kappa shape index (κ2) is 6.43. The summed E-state index contributed by atoms with van der Waals surface area (Å²) >= 11 is 7.11. The van der Waals surface area contributed by atoms with E-state index in [1.807, 2.05) is 0 Å². The highest BCUT2D eigenvalue weighted by Gasteiger charge is 2.20. The fourth-order valence-electron chi connectivity index (χ4n) is 2.33. The molecule has 24 heavy (non-hydrogen) atoms. The second-order valence-corrected chi connectivity index (χ2v) is 6.38. The smallest absolute Gasteiger partial charge is 0.269 e. The number of nitro groups is 1. The van der Waals surface area contributed by atoms with E-state index >= 15 is 0 Å². The van der Waals surface area contributed by atoms with Crippen LogP contribution in [0.3, 0.4) is 0 Å². The third-order valence-electron chi connectivity index (χ3n) is 3.54. The zero-order valence-electron chi connectivity index (χ0n) is 12.2. The number of non-ortho nitro benzene ring substituents is 1. The number of benzene rings is 2. The van der Waals surface area contributed by atoms with Crippen LogP contribution in [0.1, 0.15) is 15.9 Å². The number of anilines is 1. The Labute approximate surface area is 146 Å². The van der Waals surface area contributed by atoms with E-state index in [-0.39, 0.29) is 11.5 Å². The Bertz CT molecular complexity index is 918. The van der Waals surface area contributed by atoms with Crippen molar-refractivity contribution in [3.63, 3.8) is 0 Å². The second-order valence-electron chi connectivity index (χ2n) is 5.03. The van der Waals surface area contributed by atoms with Crippen molar-refractivity contribution in [3.05, 3.63) is 80.2 Å². The minimum atomic E-state index is -0.467. The van der Waals surface area contributed by atoms with Crippen molar-refractivity contribution < 1.29 is 9.72 Å². The van der Waals surface area contributed by atoms with Crippen molar-refractivity contribution in [1.82, 2.24) is 0 Å². The van der Waals surface area contributed by atoms with E-state index in [1.165, 1.54) is 23.5 Å². The number of nitrogens with two attached hydrogens (primary N) is 1. The Kier molecular flexibility index (Phi) is 4.33. The number of halogens is 1. The van der Waals surface area contributed by atoms with Crippen LogP contribution in [-0.4, -0.2) is 10.7 Å². The predicted octanol–water partition coefficient (Wildman–Crippen LogP) is 4.79. The Morgan fingerprint density at radius 2 is 1.71 bits per heavy atom. The van der Waals surface area contributed by atoms with E-state index in [1.54, 1.807) is 41.8 Å². The van der Waals surface area contributed by atoms with Crippen LogP contribution in [-0.2, 0) is 0 Å². The predicted molar refractivity (Wildman–Crippen MR) is 95.7 cm³/mol. The molecule has 0 unspecified atom stereocenters. The first-order chi connectivity index (χ1) is 11.5. The maximum absolute atomic E-state index is 12.8. The third-order valence-corrected chi connectivity index (χ3v) is 4.61. The zero-order chi connectivity index (χ0) is 17.3. The first kappa shape index (κ1) is 16.2. The summed E-state index contributed by atoms with van der Waals surface area (Å²) in [5.41, 5.74) is 8.22. The minimum Gasteiger partial charge on any atom is -0.390 e. The van der Waals surface area contributed by atoms with Gasteiger partial charge in [0.1, 0.15) is 0 Å². The lowest BCUT2D eigenvalue weighted by Gasteiger charge is -2.06. The van der Waals surface area contributed by atoms with Gasteiger partial charge in [0, 0.05) is 33.7 Å². The van der Waals surface area contributed by atoms with Gasteiger partial charge in [0.15, 0.2) is 5.78 Å². The van der Waals surface area contributed by atoms with Crippen LogP contribution in [0.5, 0.6) is 0 Å². The molecule has 7 heteroatoms. The van der Waals surface area contributed by atoms with Crippen molar-refractivity contribution in [2.24, 2.45) is 0 Å². The summed E-state index contributed by atoms with van der Waals surface area (Å²) < 4.78 is 0. The summed E-state index contributed by atoms with van der Waals surface area (Å²) in [5.74, 6) is -0.209. The fraction of sp³-hybridized carbons (Fsp3) is 0. The Morgan fingerprint density at radius 3 is 2.29 bits per heavy atom. The molecule has 3 aromatic rings. The number of thiophene rings is 1. The number of ketones is 1. The highest BCUT2D eigenvalue weighted by atomic mass is 35.5. The number of nitro benzene ring substituents is 1. The largest absolute Gasteiger partial charge is 0.390 e. The maximum atomic E-state index is 12.8. The molecule has 0 aliphatic heterocycles. The van der Waals surface area contributed by atoms with Gasteiger partial charge in [0.25, 0.3) is 5.69 Å². The Balaban J connectivity index is 2.04. The van der Waals surface area contributed by atoms with Gasteiger partial charge in [-0.3, -0.25) is 14.9 Å². The number of rotatable bonds is 4. The molecule has 5 nitrogen and oxygen atoms in total. The Morgan fingerprint density at radius 1 is 1.08 bits per heavy atom. The van der Waals surface area contributed by atoms with E-state index in [0.29, 0.717) is 32.3 Å². The van der Waals surface area contributed by atoms with Crippen LogP contribution in [0.25, 0.3) is 11.1 Å². The lowest BCUT2D eigenvalue weighted by atomic mass is 9.97. The standard InChI is InChI=1S/C17H11ClN2O3S/c18-12-5-1-11(2-6-12)16(21)15-14(9-24-17(15)19)10-3-7-13(8-4-10)20(22)23/h1-9H,19H2. The van der Waals surface area contributed by atoms with E-state index < -0.39 is 4.92 Å². The molecular formula is C17H11ClN2O3S. The van der Waals surface area contributed by atoms with E-state index in [4.69, 9.17) is 17.3 Å². The SMILES string of the molecule is Nc1scc(-c2ccc([N+](=O)[O-])cc2)c1C(=O)c1ccc(Cl)cc1. The van der Waals surface area contributed by atoms with Crippen LogP contribution >= 0.6 is 22.9 Å². The van der Waals surface area contributed by atoms with Crippen LogP contribution in [0.4, 0.5) is 10.7 Å². The average Bonchev–Trinajstić information content (AvgIpc) is 2.96. The van der Waals surface area contributed by atoms with Crippen LogP contribution in [0.15, 0.2) is 53.9 Å². The average molecular weight is 359 g/mol. The summed E-state index contributed by atoms with van der Waals surface area (Å²) in [5, 5.41) is 13.5. The topological polar surface area (TPSA) is 86.2 Å². The van der Waals surface area contributed by atoms with Gasteiger partial charge in [0.05, 0.1) is 15.5 Å². The van der Waals surface area contributed by atoms with E-state index in [2.05, 4.69) is 0 Å². The van der Waals surface area contributed by atoms with Crippen molar-refractivity contribution in [2.45, 2.75) is 0 Å². The number of carbonyl (C=O) groups excluding carboxylic acids is 1. The van der Waals surface area contributed by atoms with Crippen LogP contribution in [0.2, 0.25) is 5.02 Å². The van der Waals surface area contributed by atoms with E-state index in [9.17, 15) is 14.9 Å². The summed E-state index contributed by atoms with van der Waals surface area (Å²) in [7, 11) is 0. The molecule has 0 aliphatic carbocycles. The highest BCUT2D eigenvalue weighted by molar-refractivity contribution is 7.15. The Hall–Kier alpha value is -2.70. The van der Waals surface area contributed by atoms with Gasteiger partial charge >= 0.3 is 0 Å². The number of hydrogen-bond donors (Lipinski definition) is 1. The van der Waals surface area contributed by atoms with Gasteiger partial charge in [-0.05, 0) is 42.0 Å². The maximum Gasteiger partial charge on any atom is 0.269 e. The first-order valence-corrected chi connectivity index (χ1v) is 8.15. The molecule has 1 heterocycles. The lowest BCUT2D eigenvalue weighted by Crippen LogP contribution is -2.04. The molecule has 0 atom stereocenters. The molecular weight excluding hydrogens is 348 g/mol. The summed E-state index contributed by atoms with van der Waals surface area (Å²) in [6.07, 6.45) is 0. The summed E-state index contributed by atoms with van der Waals surface area (Å²) in [4.78, 5) is 23.1. The lowest BCUT2D eigenvalue weighted by molar-refractivity contribution is -0.384. The highest BCUT2D eigenvalue weighted by Crippen LogP contribution is 2.36. The number of carbonyl (C=O) groups is 1. The fourth-order valence-corrected chi connectivity index (χ4v) is 3.27. The van der Waals surface area contributed by atoms with Gasteiger partial charge in [-0.25, -0.2) is 0 Å². The monoisotopic (exact) mass is 358 g/mol. The molecule has 2 N–H and O–H groups in total. The number of nitrogen functional groups attached to an aromatic ring is 1. The van der Waals surface area contributed by atoms with Gasteiger partial charge in [0.2, 0.25) is 0 Å².